The minimum atomic E-state index is -5.33. The highest BCUT2D eigenvalue weighted by Crippen LogP contribution is 2.21. The molecular weight excluding hydrogens is 437 g/mol. The Morgan fingerprint density at radius 3 is 2.53 bits per heavy atom. The van der Waals surface area contributed by atoms with E-state index in [1.807, 2.05) is 4.90 Å². The third kappa shape index (κ3) is 4.83. The fourth-order valence-corrected chi connectivity index (χ4v) is 2.99. The zero-order valence-corrected chi connectivity index (χ0v) is 17.2. The largest absolute Gasteiger partial charge is 0.491 e. The first-order valence-electron chi connectivity index (χ1n) is 9.40. The van der Waals surface area contributed by atoms with Crippen LogP contribution >= 0.6 is 0 Å². The molecule has 0 atom stereocenters. The minimum absolute atomic E-state index is 0.0225. The highest BCUT2D eigenvalue weighted by molar-refractivity contribution is 5.89. The summed E-state index contributed by atoms with van der Waals surface area (Å²) in [5.74, 6) is 1.88. The number of nitrogens with one attached hydrogen (secondary N) is 1. The molecule has 0 bridgehead atoms. The first kappa shape index (κ1) is 23.1. The number of imidazole rings is 1. The van der Waals surface area contributed by atoms with Crippen LogP contribution in [0.25, 0.3) is 11.2 Å². The Labute approximate surface area is 179 Å². The molecule has 14 heteroatoms. The van der Waals surface area contributed by atoms with E-state index in [9.17, 15) is 27.6 Å². The van der Waals surface area contributed by atoms with Crippen LogP contribution in [0.15, 0.2) is 4.79 Å². The lowest BCUT2D eigenvalue weighted by Gasteiger charge is -2.28. The lowest BCUT2D eigenvalue weighted by atomic mass is 10.4. The van der Waals surface area contributed by atoms with Gasteiger partial charge >= 0.3 is 24.1 Å². The number of alkyl halides is 3. The first-order valence-corrected chi connectivity index (χ1v) is 9.40. The topological polar surface area (TPSA) is 121 Å². The SMILES string of the molecule is CC#CCn1c(N2CCNCC2)nc2nc(OCC(=O)OC(=O)C(F)(F)F)n(C)c(=O)c21. The van der Waals surface area contributed by atoms with Crippen molar-refractivity contribution >= 4 is 29.1 Å². The van der Waals surface area contributed by atoms with Crippen molar-refractivity contribution in [1.29, 1.82) is 0 Å². The number of fused-ring (bicyclic) bond motifs is 1. The number of hydrogen-bond acceptors (Lipinski definition) is 9. The molecule has 3 rings (SSSR count). The molecule has 1 saturated heterocycles. The number of piperazine rings is 1. The van der Waals surface area contributed by atoms with E-state index in [2.05, 4.69) is 31.9 Å². The van der Waals surface area contributed by atoms with E-state index in [1.165, 1.54) is 7.05 Å². The number of anilines is 1. The van der Waals surface area contributed by atoms with Crippen molar-refractivity contribution in [1.82, 2.24) is 24.4 Å². The summed E-state index contributed by atoms with van der Waals surface area (Å²) in [6, 6.07) is -0.378. The first-order chi connectivity index (χ1) is 15.1. The number of ether oxygens (including phenoxy) is 2. The van der Waals surface area contributed by atoms with Gasteiger partial charge in [-0.05, 0) is 6.92 Å². The molecule has 2 aromatic rings. The molecule has 11 nitrogen and oxygen atoms in total. The third-order valence-electron chi connectivity index (χ3n) is 4.50. The standard InChI is InChI=1S/C18H19F3N6O5/c1-3-4-7-27-12-13(23-16(27)26-8-5-22-6-9-26)24-17(25(2)14(12)29)31-10-11(28)32-15(30)18(19,20)21/h22H,5-10H2,1-2H3. The van der Waals surface area contributed by atoms with Crippen LogP contribution in [0.1, 0.15) is 6.92 Å². The second kappa shape index (κ2) is 9.27. The Hall–Kier alpha value is -3.60. The van der Waals surface area contributed by atoms with Gasteiger partial charge in [0.2, 0.25) is 5.95 Å². The van der Waals surface area contributed by atoms with Crippen molar-refractivity contribution in [3.05, 3.63) is 10.4 Å². The molecule has 0 amide bonds. The zero-order chi connectivity index (χ0) is 23.5. The molecule has 0 radical (unpaired) electrons. The minimum Gasteiger partial charge on any atom is -0.453 e. The Balaban J connectivity index is 1.92. The summed E-state index contributed by atoms with van der Waals surface area (Å²) < 4.78 is 47.9. The number of carbonyl (C=O) groups is 2. The van der Waals surface area contributed by atoms with Crippen LogP contribution < -0.4 is 20.5 Å². The van der Waals surface area contributed by atoms with Gasteiger partial charge in [0.25, 0.3) is 5.56 Å². The smallest absolute Gasteiger partial charge is 0.453 e. The molecule has 0 aromatic carbocycles. The van der Waals surface area contributed by atoms with E-state index in [-0.39, 0.29) is 23.7 Å². The molecule has 0 aliphatic carbocycles. The lowest BCUT2D eigenvalue weighted by molar-refractivity contribution is -0.202. The van der Waals surface area contributed by atoms with Gasteiger partial charge in [0.15, 0.2) is 17.8 Å². The third-order valence-corrected chi connectivity index (χ3v) is 4.50. The summed E-state index contributed by atoms with van der Waals surface area (Å²) >= 11 is 0. The molecule has 32 heavy (non-hydrogen) atoms. The van der Waals surface area contributed by atoms with Crippen molar-refractivity contribution in [2.24, 2.45) is 7.05 Å². The number of halogens is 3. The van der Waals surface area contributed by atoms with Crippen molar-refractivity contribution in [3.8, 4) is 17.9 Å². The number of nitrogens with zero attached hydrogens (tertiary/aromatic N) is 5. The monoisotopic (exact) mass is 456 g/mol. The summed E-state index contributed by atoms with van der Waals surface area (Å²) in [5.41, 5.74) is -0.378. The number of rotatable bonds is 5. The van der Waals surface area contributed by atoms with E-state index in [4.69, 9.17) is 4.74 Å². The van der Waals surface area contributed by atoms with Gasteiger partial charge in [-0.3, -0.25) is 13.9 Å². The molecule has 2 aromatic heterocycles. The van der Waals surface area contributed by atoms with Gasteiger partial charge < -0.3 is 19.7 Å². The Morgan fingerprint density at radius 1 is 1.22 bits per heavy atom. The predicted molar refractivity (Wildman–Crippen MR) is 104 cm³/mol. The van der Waals surface area contributed by atoms with E-state index < -0.39 is 30.3 Å². The molecule has 3 heterocycles. The summed E-state index contributed by atoms with van der Waals surface area (Å²) in [5, 5.41) is 3.21. The van der Waals surface area contributed by atoms with Crippen LogP contribution in [0.5, 0.6) is 6.01 Å². The van der Waals surface area contributed by atoms with Gasteiger partial charge in [-0.2, -0.15) is 23.1 Å². The van der Waals surface area contributed by atoms with E-state index >= 15 is 0 Å². The van der Waals surface area contributed by atoms with Crippen LogP contribution in [0, 0.1) is 11.8 Å². The molecule has 0 unspecified atom stereocenters. The van der Waals surface area contributed by atoms with Gasteiger partial charge in [0.1, 0.15) is 0 Å². The number of esters is 2. The molecule has 0 saturated carbocycles. The van der Waals surface area contributed by atoms with Crippen LogP contribution in [0.3, 0.4) is 0 Å². The second-order valence-corrected chi connectivity index (χ2v) is 6.64. The van der Waals surface area contributed by atoms with Crippen LogP contribution in [0.2, 0.25) is 0 Å². The van der Waals surface area contributed by atoms with Gasteiger partial charge in [0.05, 0.1) is 6.54 Å². The van der Waals surface area contributed by atoms with Crippen LogP contribution in [0.4, 0.5) is 19.1 Å². The number of aromatic nitrogens is 4. The molecule has 1 fully saturated rings. The maximum Gasteiger partial charge on any atom is 0.491 e. The van der Waals surface area contributed by atoms with Crippen LogP contribution in [-0.4, -0.2) is 70.0 Å². The Kier molecular flexibility index (Phi) is 6.68. The van der Waals surface area contributed by atoms with Crippen LogP contribution in [-0.2, 0) is 27.9 Å². The Bertz CT molecular complexity index is 1150. The van der Waals surface area contributed by atoms with E-state index in [0.717, 1.165) is 17.7 Å². The molecular formula is C18H19F3N6O5. The average molecular weight is 456 g/mol. The van der Waals surface area contributed by atoms with Gasteiger partial charge in [0, 0.05) is 33.2 Å². The fourth-order valence-electron chi connectivity index (χ4n) is 2.99. The fraction of sp³-hybridized carbons (Fsp3) is 0.500. The van der Waals surface area contributed by atoms with Crippen molar-refractivity contribution in [2.45, 2.75) is 19.6 Å². The summed E-state index contributed by atoms with van der Waals surface area (Å²) in [6.45, 7) is 3.52. The molecule has 1 N–H and O–H groups in total. The summed E-state index contributed by atoms with van der Waals surface area (Å²) in [7, 11) is 1.31. The maximum absolute atomic E-state index is 13.0. The lowest BCUT2D eigenvalue weighted by Crippen LogP contribution is -2.44. The number of hydrogen-bond donors (Lipinski definition) is 1. The predicted octanol–water partition coefficient (Wildman–Crippen LogP) is -0.426. The maximum atomic E-state index is 13.0. The number of carbonyl (C=O) groups excluding carboxylic acids is 2. The molecule has 0 spiro atoms. The van der Waals surface area contributed by atoms with Crippen molar-refractivity contribution in [2.75, 3.05) is 37.7 Å². The Morgan fingerprint density at radius 2 is 1.91 bits per heavy atom. The van der Waals surface area contributed by atoms with Crippen molar-refractivity contribution < 1.29 is 32.2 Å². The van der Waals surface area contributed by atoms with Gasteiger partial charge in [-0.15, -0.1) is 5.92 Å². The van der Waals surface area contributed by atoms with Gasteiger partial charge in [-0.25, -0.2) is 9.59 Å². The van der Waals surface area contributed by atoms with E-state index in [1.54, 1.807) is 11.5 Å². The average Bonchev–Trinajstić information content (AvgIpc) is 3.12. The quantitative estimate of drug-likeness (QED) is 0.363. The zero-order valence-electron chi connectivity index (χ0n) is 17.2. The molecule has 1 aliphatic heterocycles. The normalized spacial score (nSPS) is 14.1. The second-order valence-electron chi connectivity index (χ2n) is 6.64. The molecule has 172 valence electrons. The highest BCUT2D eigenvalue weighted by atomic mass is 19.4. The highest BCUT2D eigenvalue weighted by Gasteiger charge is 2.42. The van der Waals surface area contributed by atoms with Gasteiger partial charge in [-0.1, -0.05) is 5.92 Å². The van der Waals surface area contributed by atoms with E-state index in [0.29, 0.717) is 19.0 Å². The summed E-state index contributed by atoms with van der Waals surface area (Å²) in [4.78, 5) is 45.7. The molecule has 1 aliphatic rings. The van der Waals surface area contributed by atoms with Crippen molar-refractivity contribution in [3.63, 3.8) is 0 Å². The summed E-state index contributed by atoms with van der Waals surface area (Å²) in [6.07, 6.45) is -5.33.